The first-order valence-electron chi connectivity index (χ1n) is 7.49. The number of esters is 1. The molecule has 0 aliphatic heterocycles. The molecule has 0 aliphatic rings. The van der Waals surface area contributed by atoms with E-state index in [2.05, 4.69) is 48.5 Å². The highest BCUT2D eigenvalue weighted by Gasteiger charge is 2.36. The SMILES string of the molecule is CCCC(C(=O)OC(CC)(CC)CC)C(C)(C)C. The van der Waals surface area contributed by atoms with Crippen LogP contribution >= 0.6 is 0 Å². The van der Waals surface area contributed by atoms with Gasteiger partial charge in [-0.25, -0.2) is 0 Å². The molecule has 0 saturated carbocycles. The molecule has 0 aromatic heterocycles. The van der Waals surface area contributed by atoms with E-state index in [1.807, 2.05) is 0 Å². The second-order valence-electron chi connectivity index (χ2n) is 6.37. The van der Waals surface area contributed by atoms with Gasteiger partial charge in [0, 0.05) is 0 Å². The fourth-order valence-electron chi connectivity index (χ4n) is 2.44. The maximum absolute atomic E-state index is 12.4. The Hall–Kier alpha value is -0.530. The third kappa shape index (κ3) is 4.62. The van der Waals surface area contributed by atoms with Gasteiger partial charge in [-0.05, 0) is 31.1 Å². The molecule has 0 aliphatic carbocycles. The van der Waals surface area contributed by atoms with Gasteiger partial charge in [0.15, 0.2) is 0 Å². The molecule has 0 N–H and O–H groups in total. The first-order valence-corrected chi connectivity index (χ1v) is 7.49. The average Bonchev–Trinajstić information content (AvgIpc) is 2.31. The van der Waals surface area contributed by atoms with Crippen molar-refractivity contribution in [3.8, 4) is 0 Å². The van der Waals surface area contributed by atoms with Gasteiger partial charge in [0.25, 0.3) is 0 Å². The minimum Gasteiger partial charge on any atom is -0.459 e. The van der Waals surface area contributed by atoms with E-state index in [0.29, 0.717) is 0 Å². The van der Waals surface area contributed by atoms with Crippen LogP contribution in [-0.4, -0.2) is 11.6 Å². The maximum Gasteiger partial charge on any atom is 0.310 e. The van der Waals surface area contributed by atoms with Gasteiger partial charge >= 0.3 is 5.97 Å². The zero-order valence-electron chi connectivity index (χ0n) is 13.4. The van der Waals surface area contributed by atoms with Crippen molar-refractivity contribution >= 4 is 5.97 Å². The van der Waals surface area contributed by atoms with Crippen LogP contribution in [0.2, 0.25) is 0 Å². The normalized spacial score (nSPS) is 14.4. The van der Waals surface area contributed by atoms with E-state index in [1.165, 1.54) is 0 Å². The van der Waals surface area contributed by atoms with Crippen LogP contribution in [0.4, 0.5) is 0 Å². The number of carbonyl (C=O) groups is 1. The van der Waals surface area contributed by atoms with E-state index in [0.717, 1.165) is 32.1 Å². The van der Waals surface area contributed by atoms with Crippen LogP contribution in [0, 0.1) is 11.3 Å². The summed E-state index contributed by atoms with van der Waals surface area (Å²) in [7, 11) is 0. The lowest BCUT2D eigenvalue weighted by atomic mass is 9.78. The predicted octanol–water partition coefficient (Wildman–Crippen LogP) is 4.96. The third-order valence-corrected chi connectivity index (χ3v) is 4.16. The Morgan fingerprint density at radius 3 is 1.72 bits per heavy atom. The topological polar surface area (TPSA) is 26.3 Å². The Balaban J connectivity index is 4.89. The van der Waals surface area contributed by atoms with Gasteiger partial charge in [-0.3, -0.25) is 4.79 Å². The molecular weight excluding hydrogens is 224 g/mol. The molecule has 0 rings (SSSR count). The quantitative estimate of drug-likeness (QED) is 0.602. The largest absolute Gasteiger partial charge is 0.459 e. The van der Waals surface area contributed by atoms with Crippen molar-refractivity contribution < 1.29 is 9.53 Å². The minimum atomic E-state index is -0.256. The lowest BCUT2D eigenvalue weighted by Crippen LogP contribution is -2.39. The van der Waals surface area contributed by atoms with Crippen molar-refractivity contribution in [2.24, 2.45) is 11.3 Å². The molecule has 0 fully saturated rings. The molecule has 1 unspecified atom stereocenters. The molecule has 0 radical (unpaired) electrons. The van der Waals surface area contributed by atoms with Gasteiger partial charge in [-0.1, -0.05) is 54.9 Å². The summed E-state index contributed by atoms with van der Waals surface area (Å²) in [5.41, 5.74) is -0.275. The first kappa shape index (κ1) is 17.5. The Morgan fingerprint density at radius 1 is 1.00 bits per heavy atom. The summed E-state index contributed by atoms with van der Waals surface area (Å²) in [5, 5.41) is 0. The van der Waals surface area contributed by atoms with E-state index in [1.54, 1.807) is 0 Å². The van der Waals surface area contributed by atoms with Gasteiger partial charge in [-0.15, -0.1) is 0 Å². The Kier molecular flexibility index (Phi) is 6.94. The van der Waals surface area contributed by atoms with Crippen LogP contribution in [-0.2, 0) is 9.53 Å². The predicted molar refractivity (Wildman–Crippen MR) is 77.5 cm³/mol. The molecule has 0 amide bonds. The maximum atomic E-state index is 12.4. The summed E-state index contributed by atoms with van der Waals surface area (Å²) >= 11 is 0. The fourth-order valence-corrected chi connectivity index (χ4v) is 2.44. The van der Waals surface area contributed by atoms with Crippen LogP contribution in [0.15, 0.2) is 0 Å². The number of rotatable bonds is 7. The van der Waals surface area contributed by atoms with E-state index in [4.69, 9.17) is 4.74 Å². The second-order valence-corrected chi connectivity index (χ2v) is 6.37. The molecule has 0 spiro atoms. The number of carbonyl (C=O) groups excluding carboxylic acids is 1. The van der Waals surface area contributed by atoms with Gasteiger partial charge in [0.05, 0.1) is 5.92 Å². The lowest BCUT2D eigenvalue weighted by molar-refractivity contribution is -0.170. The van der Waals surface area contributed by atoms with E-state index < -0.39 is 0 Å². The highest BCUT2D eigenvalue weighted by Crippen LogP contribution is 2.34. The second kappa shape index (κ2) is 7.16. The fraction of sp³-hybridized carbons (Fsp3) is 0.938. The Labute approximate surface area is 113 Å². The van der Waals surface area contributed by atoms with Crippen LogP contribution in [0.5, 0.6) is 0 Å². The standard InChI is InChI=1S/C16H32O2/c1-8-12-13(15(5,6)7)14(17)18-16(9-2,10-3)11-4/h13H,8-12H2,1-7H3. The first-order chi connectivity index (χ1) is 8.26. The van der Waals surface area contributed by atoms with Crippen molar-refractivity contribution in [3.05, 3.63) is 0 Å². The van der Waals surface area contributed by atoms with Gasteiger partial charge in [-0.2, -0.15) is 0 Å². The highest BCUT2D eigenvalue weighted by atomic mass is 16.6. The molecule has 1 atom stereocenters. The zero-order chi connectivity index (χ0) is 14.4. The number of hydrogen-bond acceptors (Lipinski definition) is 2. The van der Waals surface area contributed by atoms with Gasteiger partial charge < -0.3 is 4.74 Å². The van der Waals surface area contributed by atoms with Crippen LogP contribution in [0.25, 0.3) is 0 Å². The Bertz CT molecular complexity index is 238. The average molecular weight is 256 g/mol. The van der Waals surface area contributed by atoms with Crippen molar-refractivity contribution in [2.45, 2.75) is 86.2 Å². The van der Waals surface area contributed by atoms with Crippen molar-refractivity contribution in [1.29, 1.82) is 0 Å². The minimum absolute atomic E-state index is 0.00472. The summed E-state index contributed by atoms with van der Waals surface area (Å²) in [6.45, 7) is 14.8. The van der Waals surface area contributed by atoms with Crippen molar-refractivity contribution in [3.63, 3.8) is 0 Å². The molecule has 0 aromatic carbocycles. The number of ether oxygens (including phenoxy) is 1. The summed E-state index contributed by atoms with van der Waals surface area (Å²) in [6.07, 6.45) is 4.63. The summed E-state index contributed by atoms with van der Waals surface area (Å²) < 4.78 is 5.89. The summed E-state index contributed by atoms with van der Waals surface area (Å²) in [4.78, 5) is 12.4. The summed E-state index contributed by atoms with van der Waals surface area (Å²) in [5.74, 6) is 0.00132. The third-order valence-electron chi connectivity index (χ3n) is 4.16. The highest BCUT2D eigenvalue weighted by molar-refractivity contribution is 5.73. The van der Waals surface area contributed by atoms with E-state index >= 15 is 0 Å². The molecular formula is C16H32O2. The van der Waals surface area contributed by atoms with Crippen molar-refractivity contribution in [1.82, 2.24) is 0 Å². The monoisotopic (exact) mass is 256 g/mol. The van der Waals surface area contributed by atoms with E-state index in [-0.39, 0.29) is 22.9 Å². The van der Waals surface area contributed by atoms with Crippen molar-refractivity contribution in [2.75, 3.05) is 0 Å². The lowest BCUT2D eigenvalue weighted by Gasteiger charge is -2.35. The van der Waals surface area contributed by atoms with E-state index in [9.17, 15) is 4.79 Å². The molecule has 108 valence electrons. The smallest absolute Gasteiger partial charge is 0.310 e. The molecule has 2 heteroatoms. The van der Waals surface area contributed by atoms with Crippen LogP contribution < -0.4 is 0 Å². The van der Waals surface area contributed by atoms with Gasteiger partial charge in [0.1, 0.15) is 5.60 Å². The molecule has 2 nitrogen and oxygen atoms in total. The summed E-state index contributed by atoms with van der Waals surface area (Å²) in [6, 6.07) is 0. The van der Waals surface area contributed by atoms with Crippen LogP contribution in [0.3, 0.4) is 0 Å². The Morgan fingerprint density at radius 2 is 1.44 bits per heavy atom. The molecule has 0 saturated heterocycles. The molecule has 18 heavy (non-hydrogen) atoms. The molecule has 0 heterocycles. The molecule has 0 aromatic rings. The van der Waals surface area contributed by atoms with Crippen LogP contribution in [0.1, 0.15) is 80.6 Å². The molecule has 0 bridgehead atoms. The number of hydrogen-bond donors (Lipinski definition) is 0. The van der Waals surface area contributed by atoms with Gasteiger partial charge in [0.2, 0.25) is 0 Å². The zero-order valence-corrected chi connectivity index (χ0v) is 13.4.